The molecule has 14 heteroatoms. The van der Waals surface area contributed by atoms with E-state index in [4.69, 9.17) is 9.40 Å². The minimum absolute atomic E-state index is 0. The SMILES string of the molecule is CN1C(=C/C=C2\CCC(C=CC3=[N+](C)c4ccc5cc(SOO[O-])ccc5c4C3(C)C)=C2Sc2nc3ccccc3o2)C(C)(C)c2c1ccc1cc(S(=O)(=O)[O-])ccc21.[K+]. The molecule has 0 fully saturated rings. The van der Waals surface area contributed by atoms with Gasteiger partial charge in [-0.05, 0) is 131 Å². The van der Waals surface area contributed by atoms with Crippen molar-refractivity contribution in [2.45, 2.75) is 66.4 Å². The summed E-state index contributed by atoms with van der Waals surface area (Å²) in [5, 5.41) is 18.4. The maximum atomic E-state index is 11.8. The van der Waals surface area contributed by atoms with Gasteiger partial charge >= 0.3 is 51.4 Å². The zero-order valence-corrected chi connectivity index (χ0v) is 39.8. The second kappa shape index (κ2) is 16.4. The van der Waals surface area contributed by atoms with Gasteiger partial charge in [0, 0.05) is 51.4 Å². The molecule has 6 aromatic rings. The van der Waals surface area contributed by atoms with E-state index in [1.54, 1.807) is 17.8 Å². The molecule has 0 N–H and O–H groups in total. The van der Waals surface area contributed by atoms with Gasteiger partial charge in [0.15, 0.2) is 11.3 Å². The zero-order valence-electron chi connectivity index (χ0n) is 34.2. The predicted molar refractivity (Wildman–Crippen MR) is 231 cm³/mol. The van der Waals surface area contributed by atoms with Gasteiger partial charge in [0.1, 0.15) is 22.7 Å². The Bertz CT molecular complexity index is 3000. The van der Waals surface area contributed by atoms with Gasteiger partial charge in [-0.15, -0.1) is 0 Å². The van der Waals surface area contributed by atoms with Crippen LogP contribution in [0.15, 0.2) is 150 Å². The number of nitrogens with zero attached hydrogens (tertiary/aromatic N) is 3. The summed E-state index contributed by atoms with van der Waals surface area (Å²) in [6.07, 6.45) is 10.6. The summed E-state index contributed by atoms with van der Waals surface area (Å²) < 4.78 is 48.6. The zero-order chi connectivity index (χ0) is 41.4. The Kier molecular flexibility index (Phi) is 11.8. The monoisotopic (exact) mass is 881 g/mol. The minimum atomic E-state index is -4.58. The van der Waals surface area contributed by atoms with E-state index in [0.717, 1.165) is 84.6 Å². The van der Waals surface area contributed by atoms with Crippen molar-refractivity contribution in [3.05, 3.63) is 142 Å². The van der Waals surface area contributed by atoms with Crippen molar-refractivity contribution >= 4 is 83.7 Å². The van der Waals surface area contributed by atoms with E-state index in [9.17, 15) is 18.2 Å². The van der Waals surface area contributed by atoms with Crippen LogP contribution in [0.25, 0.3) is 32.6 Å². The Hall–Kier alpha value is -3.35. The van der Waals surface area contributed by atoms with Crippen molar-refractivity contribution in [2.24, 2.45) is 0 Å². The summed E-state index contributed by atoms with van der Waals surface area (Å²) >= 11 is 2.44. The van der Waals surface area contributed by atoms with Gasteiger partial charge in [-0.3, -0.25) is 5.04 Å². The third-order valence-corrected chi connectivity index (χ3v) is 14.4. The van der Waals surface area contributed by atoms with Crippen molar-refractivity contribution in [1.29, 1.82) is 0 Å². The Morgan fingerprint density at radius 2 is 1.62 bits per heavy atom. The standard InChI is InChI=1S/C46H41N3O7S3.K/c1-45(2)39(48(5)36-21-13-29-25-31(58-56-55-50)17-19-33(29)41(36)45)23-15-27-11-12-28(43(27)57-44-47-35-9-7-8-10-38(35)54-44)16-24-40-46(3,4)42-34-20-18-32(59(51,52)53)26-30(34)14-22-37(42)49(40)6;/h7-10,13-26H,11-12H2,1-6H3,(H-,50,51,52,53);/q;+1/p-1. The molecule has 0 atom stereocenters. The molecule has 5 aromatic carbocycles. The van der Waals surface area contributed by atoms with Crippen LogP contribution in [0.2, 0.25) is 0 Å². The number of fused-ring (bicyclic) bond motifs is 7. The van der Waals surface area contributed by atoms with E-state index in [-0.39, 0.29) is 61.7 Å². The molecular formula is C46H40KN3O7S3. The molecule has 0 amide bonds. The number of anilines is 1. The van der Waals surface area contributed by atoms with Gasteiger partial charge < -0.3 is 19.1 Å². The molecule has 2 aliphatic heterocycles. The molecule has 0 unspecified atom stereocenters. The number of thioether (sulfide) groups is 1. The topological polar surface area (TPSA) is 131 Å². The van der Waals surface area contributed by atoms with E-state index < -0.39 is 15.5 Å². The number of likely N-dealkylation sites (N-methyl/N-ethyl adjacent to an activating group) is 1. The number of hydrogen-bond acceptors (Lipinski definition) is 11. The van der Waals surface area contributed by atoms with Crippen molar-refractivity contribution in [2.75, 3.05) is 19.0 Å². The molecular weight excluding hydrogens is 842 g/mol. The molecule has 1 aromatic heterocycles. The molecule has 0 spiro atoms. The molecule has 0 saturated carbocycles. The Labute approximate surface area is 400 Å². The van der Waals surface area contributed by atoms with Crippen LogP contribution in [0.1, 0.15) is 51.7 Å². The molecule has 0 saturated heterocycles. The van der Waals surface area contributed by atoms with Gasteiger partial charge in [0.25, 0.3) is 5.22 Å². The molecule has 0 bridgehead atoms. The first-order valence-corrected chi connectivity index (χ1v) is 22.1. The average molecular weight is 882 g/mol. The molecule has 300 valence electrons. The van der Waals surface area contributed by atoms with Crippen LogP contribution in [0.5, 0.6) is 0 Å². The van der Waals surface area contributed by atoms with E-state index in [1.165, 1.54) is 34.6 Å². The van der Waals surface area contributed by atoms with Crippen LogP contribution in [0.4, 0.5) is 11.4 Å². The van der Waals surface area contributed by atoms with Gasteiger partial charge in [-0.2, -0.15) is 8.91 Å². The van der Waals surface area contributed by atoms with Crippen LogP contribution in [0.3, 0.4) is 0 Å². The van der Waals surface area contributed by atoms with Crippen LogP contribution < -0.4 is 61.5 Å². The van der Waals surface area contributed by atoms with Crippen molar-refractivity contribution in [3.63, 3.8) is 0 Å². The van der Waals surface area contributed by atoms with Gasteiger partial charge in [-0.25, -0.2) is 13.4 Å². The molecule has 0 radical (unpaired) electrons. The van der Waals surface area contributed by atoms with Crippen LogP contribution >= 0.6 is 23.8 Å². The number of hydrogen-bond donors (Lipinski definition) is 0. The largest absolute Gasteiger partial charge is 1.00 e. The summed E-state index contributed by atoms with van der Waals surface area (Å²) in [7, 11) is -0.408. The summed E-state index contributed by atoms with van der Waals surface area (Å²) in [4.78, 5) is 8.67. The summed E-state index contributed by atoms with van der Waals surface area (Å²) in [5.41, 5.74) is 9.93. The molecule has 9 rings (SSSR count). The second-order valence-corrected chi connectivity index (χ2v) is 19.2. The van der Waals surface area contributed by atoms with E-state index in [0.29, 0.717) is 10.6 Å². The first kappa shape index (κ1) is 43.3. The second-order valence-electron chi connectivity index (χ2n) is 16.1. The van der Waals surface area contributed by atoms with Crippen molar-refractivity contribution in [3.8, 4) is 0 Å². The number of allylic oxidation sites excluding steroid dienone is 7. The predicted octanol–water partition coefficient (Wildman–Crippen LogP) is 6.91. The number of aromatic nitrogens is 1. The van der Waals surface area contributed by atoms with Gasteiger partial charge in [-0.1, -0.05) is 56.3 Å². The maximum absolute atomic E-state index is 11.8. The van der Waals surface area contributed by atoms with E-state index >= 15 is 0 Å². The quantitative estimate of drug-likeness (QED) is 0.0375. The maximum Gasteiger partial charge on any atom is 1.00 e. The number of oxazole rings is 1. The molecule has 60 heavy (non-hydrogen) atoms. The third kappa shape index (κ3) is 7.52. The fourth-order valence-electron chi connectivity index (χ4n) is 9.21. The first-order valence-electron chi connectivity index (χ1n) is 19.1. The van der Waals surface area contributed by atoms with Crippen LogP contribution in [0, 0.1) is 0 Å². The molecule has 3 heterocycles. The summed E-state index contributed by atoms with van der Waals surface area (Å²) in [6, 6.07) is 26.6. The fraction of sp³-hybridized carbons (Fsp3) is 0.217. The number of para-hydroxylation sites is 2. The Morgan fingerprint density at radius 3 is 2.38 bits per heavy atom. The number of rotatable bonds is 9. The van der Waals surface area contributed by atoms with Crippen molar-refractivity contribution < 1.29 is 88.0 Å². The Balaban J connectivity index is 0.00000499. The molecule has 3 aliphatic rings. The van der Waals surface area contributed by atoms with E-state index in [2.05, 4.69) is 103 Å². The van der Waals surface area contributed by atoms with Gasteiger partial charge in [0.05, 0.1) is 22.4 Å². The first-order chi connectivity index (χ1) is 28.2. The van der Waals surface area contributed by atoms with Crippen molar-refractivity contribution in [1.82, 2.24) is 4.98 Å². The molecule has 1 aliphatic carbocycles. The molecule has 10 nitrogen and oxygen atoms in total. The third-order valence-electron chi connectivity index (χ3n) is 12.0. The fourth-order valence-corrected chi connectivity index (χ4v) is 11.2. The van der Waals surface area contributed by atoms with E-state index in [1.807, 2.05) is 48.5 Å². The smallest absolute Gasteiger partial charge is 0.744 e. The Morgan fingerprint density at radius 1 is 0.883 bits per heavy atom. The van der Waals surface area contributed by atoms with Gasteiger partial charge in [0.2, 0.25) is 5.69 Å². The van der Waals surface area contributed by atoms with Crippen LogP contribution in [-0.4, -0.2) is 42.3 Å². The normalized spacial score (nSPS) is 18.6. The average Bonchev–Trinajstić information content (AvgIpc) is 3.90. The van der Waals surface area contributed by atoms with Crippen LogP contribution in [-0.2, 0) is 30.3 Å². The summed E-state index contributed by atoms with van der Waals surface area (Å²) in [5.74, 6) is 0. The summed E-state index contributed by atoms with van der Waals surface area (Å²) in [6.45, 7) is 8.87. The number of benzene rings is 5. The minimum Gasteiger partial charge on any atom is -0.744 e.